The molecule has 1 aromatic heterocycles. The van der Waals surface area contributed by atoms with Gasteiger partial charge in [0, 0.05) is 29.8 Å². The van der Waals surface area contributed by atoms with E-state index in [0.29, 0.717) is 22.8 Å². The number of nitrogens with zero attached hydrogens (tertiary/aromatic N) is 4. The number of nitro groups is 2. The molecule has 142 valence electrons. The van der Waals surface area contributed by atoms with E-state index in [1.165, 1.54) is 36.4 Å². The molecule has 10 heteroatoms. The summed E-state index contributed by atoms with van der Waals surface area (Å²) in [6, 6.07) is 11.2. The fraction of sp³-hybridized carbons (Fsp3) is 0.111. The van der Waals surface area contributed by atoms with Crippen molar-refractivity contribution < 1.29 is 14.6 Å². The van der Waals surface area contributed by atoms with Crippen LogP contribution in [0.15, 0.2) is 48.5 Å². The van der Waals surface area contributed by atoms with Crippen molar-refractivity contribution in [3.05, 3.63) is 85.7 Å². The minimum absolute atomic E-state index is 0.0306. The maximum atomic E-state index is 12.5. The van der Waals surface area contributed by atoms with Crippen molar-refractivity contribution >= 4 is 23.0 Å². The number of hydrogen-bond acceptors (Lipinski definition) is 6. The standard InChI is InChI=1S/C18H15N5O5/c1-11-17(19-18(24)13-3-5-15(6-4-13)22(25)26)12(2)21(20-11)14-7-9-16(10-8-14)23(27)28/h3-10H,1-2H3,(H,19,24). The Labute approximate surface area is 158 Å². The van der Waals surface area contributed by atoms with Crippen molar-refractivity contribution in [1.82, 2.24) is 9.78 Å². The van der Waals surface area contributed by atoms with Gasteiger partial charge in [0.25, 0.3) is 17.3 Å². The molecule has 1 amide bonds. The van der Waals surface area contributed by atoms with Gasteiger partial charge in [0.2, 0.25) is 0 Å². The van der Waals surface area contributed by atoms with E-state index in [1.807, 2.05) is 0 Å². The molecule has 0 bridgehead atoms. The number of anilines is 1. The molecule has 28 heavy (non-hydrogen) atoms. The molecule has 10 nitrogen and oxygen atoms in total. The molecular weight excluding hydrogens is 366 g/mol. The number of benzene rings is 2. The van der Waals surface area contributed by atoms with E-state index in [4.69, 9.17) is 0 Å². The Kier molecular flexibility index (Phi) is 4.86. The van der Waals surface area contributed by atoms with Crippen LogP contribution in [0.5, 0.6) is 0 Å². The summed E-state index contributed by atoms with van der Waals surface area (Å²) in [5, 5.41) is 28.6. The molecule has 0 saturated carbocycles. The van der Waals surface area contributed by atoms with Crippen LogP contribution in [0.25, 0.3) is 5.69 Å². The number of amides is 1. The highest BCUT2D eigenvalue weighted by Crippen LogP contribution is 2.25. The summed E-state index contributed by atoms with van der Waals surface area (Å²) in [5.74, 6) is -0.427. The average Bonchev–Trinajstić information content (AvgIpc) is 2.96. The summed E-state index contributed by atoms with van der Waals surface area (Å²) < 4.78 is 1.57. The van der Waals surface area contributed by atoms with Crippen LogP contribution in [0.3, 0.4) is 0 Å². The molecule has 2 aromatic carbocycles. The third kappa shape index (κ3) is 3.56. The van der Waals surface area contributed by atoms with Gasteiger partial charge in [-0.05, 0) is 38.1 Å². The smallest absolute Gasteiger partial charge is 0.269 e. The Morgan fingerprint density at radius 1 is 0.929 bits per heavy atom. The maximum Gasteiger partial charge on any atom is 0.269 e. The lowest BCUT2D eigenvalue weighted by molar-refractivity contribution is -0.385. The zero-order valence-electron chi connectivity index (χ0n) is 14.9. The second-order valence-corrected chi connectivity index (χ2v) is 5.99. The summed E-state index contributed by atoms with van der Waals surface area (Å²) >= 11 is 0. The first-order valence-electron chi connectivity index (χ1n) is 8.15. The van der Waals surface area contributed by atoms with Gasteiger partial charge < -0.3 is 5.32 Å². The maximum absolute atomic E-state index is 12.5. The monoisotopic (exact) mass is 381 g/mol. The van der Waals surface area contributed by atoms with Crippen LogP contribution < -0.4 is 5.32 Å². The largest absolute Gasteiger partial charge is 0.319 e. The first kappa shape index (κ1) is 18.7. The Hall–Kier alpha value is -4.08. The minimum atomic E-state index is -0.537. The minimum Gasteiger partial charge on any atom is -0.319 e. The predicted molar refractivity (Wildman–Crippen MR) is 101 cm³/mol. The van der Waals surface area contributed by atoms with Gasteiger partial charge in [0.15, 0.2) is 0 Å². The molecule has 3 rings (SSSR count). The van der Waals surface area contributed by atoms with Gasteiger partial charge in [0.1, 0.15) is 0 Å². The highest BCUT2D eigenvalue weighted by atomic mass is 16.6. The first-order valence-corrected chi connectivity index (χ1v) is 8.15. The summed E-state index contributed by atoms with van der Waals surface area (Å²) in [6.45, 7) is 3.48. The summed E-state index contributed by atoms with van der Waals surface area (Å²) in [4.78, 5) is 33.0. The molecule has 0 unspecified atom stereocenters. The number of nitrogens with one attached hydrogen (secondary N) is 1. The Morgan fingerprint density at radius 2 is 1.43 bits per heavy atom. The number of hydrogen-bond donors (Lipinski definition) is 1. The van der Waals surface area contributed by atoms with Gasteiger partial charge in [0.05, 0.1) is 32.6 Å². The molecule has 0 saturated heterocycles. The van der Waals surface area contributed by atoms with E-state index < -0.39 is 15.8 Å². The lowest BCUT2D eigenvalue weighted by atomic mass is 10.2. The van der Waals surface area contributed by atoms with E-state index in [9.17, 15) is 25.0 Å². The zero-order valence-corrected chi connectivity index (χ0v) is 14.9. The van der Waals surface area contributed by atoms with E-state index in [1.54, 1.807) is 30.7 Å². The van der Waals surface area contributed by atoms with Crippen molar-refractivity contribution in [3.63, 3.8) is 0 Å². The zero-order chi connectivity index (χ0) is 20.4. The predicted octanol–water partition coefficient (Wildman–Crippen LogP) is 3.56. The molecule has 0 aliphatic heterocycles. The molecule has 0 aliphatic rings. The summed E-state index contributed by atoms with van der Waals surface area (Å²) in [5.41, 5.74) is 2.45. The van der Waals surface area contributed by atoms with Crippen LogP contribution in [0, 0.1) is 34.1 Å². The van der Waals surface area contributed by atoms with Crippen LogP contribution in [0.4, 0.5) is 17.1 Å². The van der Waals surface area contributed by atoms with E-state index in [-0.39, 0.29) is 16.9 Å². The Bertz CT molecular complexity index is 1070. The second-order valence-electron chi connectivity index (χ2n) is 5.99. The molecule has 3 aromatic rings. The van der Waals surface area contributed by atoms with Crippen molar-refractivity contribution in [3.8, 4) is 5.69 Å². The van der Waals surface area contributed by atoms with Crippen LogP contribution in [-0.4, -0.2) is 25.5 Å². The average molecular weight is 381 g/mol. The van der Waals surface area contributed by atoms with Gasteiger partial charge in [-0.3, -0.25) is 25.0 Å². The van der Waals surface area contributed by atoms with Crippen LogP contribution in [-0.2, 0) is 0 Å². The first-order chi connectivity index (χ1) is 13.3. The molecule has 0 atom stereocenters. The molecule has 0 fully saturated rings. The van der Waals surface area contributed by atoms with Crippen LogP contribution in [0.2, 0.25) is 0 Å². The fourth-order valence-electron chi connectivity index (χ4n) is 2.71. The number of aryl methyl sites for hydroxylation is 1. The van der Waals surface area contributed by atoms with Crippen molar-refractivity contribution in [2.45, 2.75) is 13.8 Å². The molecular formula is C18H15N5O5. The summed E-state index contributed by atoms with van der Waals surface area (Å²) in [7, 11) is 0. The number of carbonyl (C=O) groups excluding carboxylic acids is 1. The highest BCUT2D eigenvalue weighted by Gasteiger charge is 2.17. The van der Waals surface area contributed by atoms with Gasteiger partial charge >= 0.3 is 0 Å². The van der Waals surface area contributed by atoms with Crippen molar-refractivity contribution in [2.75, 3.05) is 5.32 Å². The lowest BCUT2D eigenvalue weighted by Gasteiger charge is -2.07. The van der Waals surface area contributed by atoms with Crippen LogP contribution >= 0.6 is 0 Å². The topological polar surface area (TPSA) is 133 Å². The number of non-ortho nitro benzene ring substituents is 2. The van der Waals surface area contributed by atoms with Crippen LogP contribution in [0.1, 0.15) is 21.7 Å². The van der Waals surface area contributed by atoms with Crippen molar-refractivity contribution in [2.24, 2.45) is 0 Å². The Morgan fingerprint density at radius 3 is 1.93 bits per heavy atom. The number of rotatable bonds is 5. The van der Waals surface area contributed by atoms with E-state index >= 15 is 0 Å². The second kappa shape index (κ2) is 7.27. The molecule has 0 spiro atoms. The van der Waals surface area contributed by atoms with Crippen molar-refractivity contribution in [1.29, 1.82) is 0 Å². The lowest BCUT2D eigenvalue weighted by Crippen LogP contribution is -2.13. The van der Waals surface area contributed by atoms with Gasteiger partial charge in [-0.25, -0.2) is 4.68 Å². The van der Waals surface area contributed by atoms with Gasteiger partial charge in [-0.2, -0.15) is 5.10 Å². The quantitative estimate of drug-likeness (QED) is 0.530. The summed E-state index contributed by atoms with van der Waals surface area (Å²) in [6.07, 6.45) is 0. The van der Waals surface area contributed by atoms with Gasteiger partial charge in [-0.1, -0.05) is 0 Å². The van der Waals surface area contributed by atoms with E-state index in [2.05, 4.69) is 10.4 Å². The fourth-order valence-corrected chi connectivity index (χ4v) is 2.71. The Balaban J connectivity index is 1.86. The normalized spacial score (nSPS) is 10.5. The number of carbonyl (C=O) groups is 1. The SMILES string of the molecule is Cc1nn(-c2ccc([N+](=O)[O-])cc2)c(C)c1NC(=O)c1ccc([N+](=O)[O-])cc1. The number of nitro benzene ring substituents is 2. The third-order valence-corrected chi connectivity index (χ3v) is 4.18. The molecule has 0 radical (unpaired) electrons. The van der Waals surface area contributed by atoms with E-state index in [0.717, 1.165) is 0 Å². The molecule has 1 heterocycles. The highest BCUT2D eigenvalue weighted by molar-refractivity contribution is 6.05. The molecule has 0 aliphatic carbocycles. The molecule has 1 N–H and O–H groups in total. The number of aromatic nitrogens is 2. The van der Waals surface area contributed by atoms with Gasteiger partial charge in [-0.15, -0.1) is 0 Å². The third-order valence-electron chi connectivity index (χ3n) is 4.18.